The number of alkyl halides is 2. The highest BCUT2D eigenvalue weighted by molar-refractivity contribution is 5.58. The lowest BCUT2D eigenvalue weighted by Gasteiger charge is -2.09. The molecular weight excluding hydrogens is 326 g/mol. The molecule has 0 bridgehead atoms. The van der Waals surface area contributed by atoms with E-state index >= 15 is 0 Å². The molecule has 0 saturated heterocycles. The maximum absolute atomic E-state index is 12.9. The quantitative estimate of drug-likeness (QED) is 0.575. The van der Waals surface area contributed by atoms with Gasteiger partial charge in [0.05, 0.1) is 35.8 Å². The Kier molecular flexibility index (Phi) is 3.47. The molecule has 0 spiro atoms. The van der Waals surface area contributed by atoms with E-state index in [1.54, 1.807) is 39.8 Å². The molecule has 0 atom stereocenters. The molecule has 25 heavy (non-hydrogen) atoms. The fourth-order valence-corrected chi connectivity index (χ4v) is 2.60. The molecule has 4 aromatic heterocycles. The van der Waals surface area contributed by atoms with E-state index in [4.69, 9.17) is 5.26 Å². The summed E-state index contributed by atoms with van der Waals surface area (Å²) in [6.45, 7) is 0. The molecule has 0 fully saturated rings. The number of rotatable bonds is 3. The van der Waals surface area contributed by atoms with E-state index in [1.807, 2.05) is 6.07 Å². The van der Waals surface area contributed by atoms with Crippen molar-refractivity contribution in [1.82, 2.24) is 23.9 Å². The summed E-state index contributed by atoms with van der Waals surface area (Å²) in [6, 6.07) is 10.1. The molecule has 0 saturated carbocycles. The van der Waals surface area contributed by atoms with Crippen molar-refractivity contribution in [3.05, 3.63) is 66.6 Å². The van der Waals surface area contributed by atoms with Crippen LogP contribution in [0.4, 0.5) is 8.78 Å². The van der Waals surface area contributed by atoms with Crippen molar-refractivity contribution in [3.63, 3.8) is 0 Å². The fourth-order valence-electron chi connectivity index (χ4n) is 2.60. The number of nitriles is 1. The second-order valence-electron chi connectivity index (χ2n) is 5.27. The van der Waals surface area contributed by atoms with E-state index in [1.165, 1.54) is 18.3 Å². The standard InChI is InChI=1S/C17H10F2N6/c18-17(19)14-3-1-2-13(23-14)15-8-21-10-25(15)11-4-5-16-22-7-12(6-20)24(16)9-11/h1-5,7-10,17H. The first-order valence-corrected chi connectivity index (χ1v) is 7.33. The van der Waals surface area contributed by atoms with Gasteiger partial charge in [0.1, 0.15) is 23.1 Å². The third kappa shape index (κ3) is 2.52. The Labute approximate surface area is 140 Å². The minimum absolute atomic E-state index is 0.290. The molecule has 0 unspecified atom stereocenters. The topological polar surface area (TPSA) is 71.8 Å². The number of halogens is 2. The maximum atomic E-state index is 12.9. The zero-order chi connectivity index (χ0) is 17.4. The second kappa shape index (κ2) is 5.79. The molecule has 4 heterocycles. The summed E-state index contributed by atoms with van der Waals surface area (Å²) in [6.07, 6.45) is 3.71. The van der Waals surface area contributed by atoms with Gasteiger partial charge >= 0.3 is 0 Å². The lowest BCUT2D eigenvalue weighted by Crippen LogP contribution is -2.00. The Morgan fingerprint density at radius 2 is 2.00 bits per heavy atom. The molecule has 4 aromatic rings. The summed E-state index contributed by atoms with van der Waals surface area (Å²) in [4.78, 5) is 12.3. The van der Waals surface area contributed by atoms with Gasteiger partial charge in [0.2, 0.25) is 0 Å². The molecule has 0 amide bonds. The van der Waals surface area contributed by atoms with E-state index < -0.39 is 6.43 Å². The predicted octanol–water partition coefficient (Wildman–Crippen LogP) is 3.39. The number of nitrogens with zero attached hydrogens (tertiary/aromatic N) is 6. The Balaban J connectivity index is 1.85. The van der Waals surface area contributed by atoms with Gasteiger partial charge in [-0.15, -0.1) is 0 Å². The van der Waals surface area contributed by atoms with E-state index in [0.29, 0.717) is 28.4 Å². The smallest absolute Gasteiger partial charge is 0.280 e. The number of hydrogen-bond acceptors (Lipinski definition) is 4. The molecule has 0 radical (unpaired) electrons. The van der Waals surface area contributed by atoms with Crippen LogP contribution < -0.4 is 0 Å². The van der Waals surface area contributed by atoms with Crippen molar-refractivity contribution in [3.8, 4) is 23.1 Å². The molecular formula is C17H10F2N6. The SMILES string of the molecule is N#Cc1cnc2ccc(-n3cncc3-c3cccc(C(F)F)n3)cn12. The van der Waals surface area contributed by atoms with Crippen molar-refractivity contribution in [2.75, 3.05) is 0 Å². The van der Waals surface area contributed by atoms with Crippen LogP contribution in [-0.4, -0.2) is 23.9 Å². The van der Waals surface area contributed by atoms with E-state index in [9.17, 15) is 8.78 Å². The van der Waals surface area contributed by atoms with Crippen molar-refractivity contribution >= 4 is 5.65 Å². The van der Waals surface area contributed by atoms with Gasteiger partial charge in [-0.25, -0.2) is 23.7 Å². The Bertz CT molecular complexity index is 1110. The summed E-state index contributed by atoms with van der Waals surface area (Å²) in [7, 11) is 0. The van der Waals surface area contributed by atoms with Crippen molar-refractivity contribution in [2.24, 2.45) is 0 Å². The molecule has 8 heteroatoms. The number of fused-ring (bicyclic) bond motifs is 1. The lowest BCUT2D eigenvalue weighted by atomic mass is 10.2. The van der Waals surface area contributed by atoms with Gasteiger partial charge in [-0.1, -0.05) is 6.07 Å². The molecule has 0 aliphatic rings. The van der Waals surface area contributed by atoms with Gasteiger partial charge in [0.15, 0.2) is 0 Å². The third-order valence-electron chi connectivity index (χ3n) is 3.78. The van der Waals surface area contributed by atoms with Crippen LogP contribution in [0.5, 0.6) is 0 Å². The van der Waals surface area contributed by atoms with Gasteiger partial charge < -0.3 is 0 Å². The van der Waals surface area contributed by atoms with Crippen LogP contribution in [0.1, 0.15) is 17.8 Å². The zero-order valence-electron chi connectivity index (χ0n) is 12.7. The minimum Gasteiger partial charge on any atom is -0.296 e. The molecule has 0 aromatic carbocycles. The van der Waals surface area contributed by atoms with Gasteiger partial charge in [0.25, 0.3) is 6.43 Å². The van der Waals surface area contributed by atoms with Crippen molar-refractivity contribution in [2.45, 2.75) is 6.43 Å². The van der Waals surface area contributed by atoms with E-state index in [2.05, 4.69) is 21.0 Å². The Morgan fingerprint density at radius 1 is 1.12 bits per heavy atom. The molecule has 0 aliphatic heterocycles. The van der Waals surface area contributed by atoms with Gasteiger partial charge in [-0.3, -0.25) is 8.97 Å². The average Bonchev–Trinajstić information content (AvgIpc) is 3.28. The highest BCUT2D eigenvalue weighted by atomic mass is 19.3. The summed E-state index contributed by atoms with van der Waals surface area (Å²) >= 11 is 0. The summed E-state index contributed by atoms with van der Waals surface area (Å²) in [5.74, 6) is 0. The van der Waals surface area contributed by atoms with E-state index in [0.717, 1.165) is 0 Å². The molecule has 122 valence electrons. The summed E-state index contributed by atoms with van der Waals surface area (Å²) < 4.78 is 29.2. The van der Waals surface area contributed by atoms with E-state index in [-0.39, 0.29) is 5.69 Å². The van der Waals surface area contributed by atoms with Crippen LogP contribution in [0, 0.1) is 11.3 Å². The van der Waals surface area contributed by atoms with Gasteiger partial charge in [-0.2, -0.15) is 5.26 Å². The zero-order valence-corrected chi connectivity index (χ0v) is 12.7. The van der Waals surface area contributed by atoms with Crippen LogP contribution >= 0.6 is 0 Å². The van der Waals surface area contributed by atoms with Gasteiger partial charge in [0, 0.05) is 6.20 Å². The lowest BCUT2D eigenvalue weighted by molar-refractivity contribution is 0.146. The van der Waals surface area contributed by atoms with Crippen LogP contribution in [0.3, 0.4) is 0 Å². The number of aromatic nitrogens is 5. The predicted molar refractivity (Wildman–Crippen MR) is 85.2 cm³/mol. The third-order valence-corrected chi connectivity index (χ3v) is 3.78. The van der Waals surface area contributed by atoms with Crippen LogP contribution in [0.2, 0.25) is 0 Å². The molecule has 0 N–H and O–H groups in total. The highest BCUT2D eigenvalue weighted by Crippen LogP contribution is 2.24. The highest BCUT2D eigenvalue weighted by Gasteiger charge is 2.14. The first-order chi connectivity index (χ1) is 12.2. The second-order valence-corrected chi connectivity index (χ2v) is 5.27. The fraction of sp³-hybridized carbons (Fsp3) is 0.0588. The molecule has 0 aliphatic carbocycles. The van der Waals surface area contributed by atoms with Crippen LogP contribution in [0.15, 0.2) is 55.2 Å². The normalized spacial score (nSPS) is 11.1. The maximum Gasteiger partial charge on any atom is 0.280 e. The van der Waals surface area contributed by atoms with Crippen LogP contribution in [0.25, 0.3) is 22.7 Å². The minimum atomic E-state index is -2.64. The van der Waals surface area contributed by atoms with Crippen molar-refractivity contribution < 1.29 is 8.78 Å². The molecule has 6 nitrogen and oxygen atoms in total. The Hall–Kier alpha value is -3.60. The number of imidazole rings is 2. The van der Waals surface area contributed by atoms with Gasteiger partial charge in [-0.05, 0) is 24.3 Å². The first-order valence-electron chi connectivity index (χ1n) is 7.33. The van der Waals surface area contributed by atoms with Crippen LogP contribution in [-0.2, 0) is 0 Å². The number of pyridine rings is 2. The Morgan fingerprint density at radius 3 is 2.80 bits per heavy atom. The first kappa shape index (κ1) is 15.0. The average molecular weight is 336 g/mol. The summed E-state index contributed by atoms with van der Waals surface area (Å²) in [5, 5.41) is 9.15. The van der Waals surface area contributed by atoms with Crippen molar-refractivity contribution in [1.29, 1.82) is 5.26 Å². The number of hydrogen-bond donors (Lipinski definition) is 0. The largest absolute Gasteiger partial charge is 0.296 e. The summed E-state index contributed by atoms with van der Waals surface area (Å²) in [5.41, 5.74) is 2.42. The molecule has 4 rings (SSSR count). The monoisotopic (exact) mass is 336 g/mol.